The van der Waals surface area contributed by atoms with Crippen molar-refractivity contribution in [3.8, 4) is 0 Å². The first-order valence-corrected chi connectivity index (χ1v) is 8.25. The third-order valence-electron chi connectivity index (χ3n) is 4.10. The molecule has 138 valence electrons. The average Bonchev–Trinajstić information content (AvgIpc) is 2.56. The predicted octanol–water partition coefficient (Wildman–Crippen LogP) is 1.84. The van der Waals surface area contributed by atoms with Gasteiger partial charge in [-0.3, -0.25) is 14.5 Å². The Labute approximate surface area is 144 Å². The van der Waals surface area contributed by atoms with Gasteiger partial charge in [0.25, 0.3) is 0 Å². The smallest absolute Gasteiger partial charge is 0.353 e. The fourth-order valence-electron chi connectivity index (χ4n) is 2.77. The summed E-state index contributed by atoms with van der Waals surface area (Å²) in [5.41, 5.74) is 1.24. The van der Waals surface area contributed by atoms with Gasteiger partial charge in [0.1, 0.15) is 0 Å². The molecule has 1 aliphatic heterocycles. The summed E-state index contributed by atoms with van der Waals surface area (Å²) in [5.74, 6) is -2.36. The van der Waals surface area contributed by atoms with Crippen molar-refractivity contribution < 1.29 is 22.8 Å². The van der Waals surface area contributed by atoms with E-state index in [9.17, 15) is 22.8 Å². The van der Waals surface area contributed by atoms with Crippen molar-refractivity contribution in [3.63, 3.8) is 0 Å². The molecule has 2 rings (SSSR count). The number of hydrogen-bond acceptors (Lipinski definition) is 3. The van der Waals surface area contributed by atoms with Crippen molar-refractivity contribution in [1.82, 2.24) is 15.5 Å². The van der Waals surface area contributed by atoms with Crippen LogP contribution in [-0.4, -0.2) is 48.6 Å². The Morgan fingerprint density at radius 3 is 2.36 bits per heavy atom. The largest absolute Gasteiger partial charge is 0.471 e. The molecule has 8 heteroatoms. The minimum absolute atomic E-state index is 0.0258. The SMILES string of the molecule is O=C(CCNC(=O)C(F)(F)F)NC1CCN(Cc2ccccc2)CC1. The van der Waals surface area contributed by atoms with Gasteiger partial charge in [-0.15, -0.1) is 0 Å². The summed E-state index contributed by atoms with van der Waals surface area (Å²) in [4.78, 5) is 24.7. The van der Waals surface area contributed by atoms with E-state index in [-0.39, 0.29) is 24.9 Å². The zero-order chi connectivity index (χ0) is 18.3. The average molecular weight is 357 g/mol. The molecule has 1 fully saturated rings. The van der Waals surface area contributed by atoms with Crippen molar-refractivity contribution >= 4 is 11.8 Å². The summed E-state index contributed by atoms with van der Waals surface area (Å²) in [6.45, 7) is 2.25. The van der Waals surface area contributed by atoms with E-state index in [1.165, 1.54) is 5.56 Å². The van der Waals surface area contributed by atoms with Crippen molar-refractivity contribution in [2.45, 2.75) is 38.0 Å². The van der Waals surface area contributed by atoms with Crippen LogP contribution >= 0.6 is 0 Å². The topological polar surface area (TPSA) is 61.4 Å². The Morgan fingerprint density at radius 1 is 1.12 bits per heavy atom. The molecule has 0 radical (unpaired) electrons. The number of hydrogen-bond donors (Lipinski definition) is 2. The molecule has 5 nitrogen and oxygen atoms in total. The van der Waals surface area contributed by atoms with E-state index in [1.807, 2.05) is 18.2 Å². The van der Waals surface area contributed by atoms with E-state index < -0.39 is 12.1 Å². The lowest BCUT2D eigenvalue weighted by atomic mass is 10.0. The highest BCUT2D eigenvalue weighted by Gasteiger charge is 2.38. The van der Waals surface area contributed by atoms with Gasteiger partial charge in [0.2, 0.25) is 5.91 Å². The lowest BCUT2D eigenvalue weighted by molar-refractivity contribution is -0.173. The molecule has 1 aromatic carbocycles. The van der Waals surface area contributed by atoms with Gasteiger partial charge in [0, 0.05) is 38.6 Å². The molecule has 1 heterocycles. The first kappa shape index (κ1) is 19.2. The number of nitrogens with one attached hydrogen (secondary N) is 2. The number of alkyl halides is 3. The molecular formula is C17H22F3N3O2. The van der Waals surface area contributed by atoms with E-state index in [0.717, 1.165) is 32.5 Å². The zero-order valence-electron chi connectivity index (χ0n) is 13.8. The first-order chi connectivity index (χ1) is 11.8. The van der Waals surface area contributed by atoms with Crippen molar-refractivity contribution in [3.05, 3.63) is 35.9 Å². The minimum Gasteiger partial charge on any atom is -0.353 e. The summed E-state index contributed by atoms with van der Waals surface area (Å²) < 4.78 is 36.1. The van der Waals surface area contributed by atoms with Crippen LogP contribution < -0.4 is 10.6 Å². The second-order valence-corrected chi connectivity index (χ2v) is 6.11. The van der Waals surface area contributed by atoms with Gasteiger partial charge in [0.15, 0.2) is 0 Å². The van der Waals surface area contributed by atoms with Crippen LogP contribution in [0.1, 0.15) is 24.8 Å². The quantitative estimate of drug-likeness (QED) is 0.817. The van der Waals surface area contributed by atoms with E-state index >= 15 is 0 Å². The maximum atomic E-state index is 12.0. The maximum absolute atomic E-state index is 12.0. The molecular weight excluding hydrogens is 335 g/mol. The standard InChI is InChI=1S/C17H22F3N3O2/c18-17(19,20)16(25)21-9-6-15(24)22-14-7-10-23(11-8-14)12-13-4-2-1-3-5-13/h1-5,14H,6-12H2,(H,21,25)(H,22,24). The second-order valence-electron chi connectivity index (χ2n) is 6.11. The van der Waals surface area contributed by atoms with Crippen LogP contribution in [0.5, 0.6) is 0 Å². The van der Waals surface area contributed by atoms with E-state index in [1.54, 1.807) is 5.32 Å². The molecule has 0 aromatic heterocycles. The molecule has 0 spiro atoms. The molecule has 0 aliphatic carbocycles. The van der Waals surface area contributed by atoms with Crippen molar-refractivity contribution in [2.24, 2.45) is 0 Å². The zero-order valence-corrected chi connectivity index (χ0v) is 13.8. The van der Waals surface area contributed by atoms with Gasteiger partial charge < -0.3 is 10.6 Å². The molecule has 1 saturated heterocycles. The second kappa shape index (κ2) is 8.84. The Hall–Kier alpha value is -2.09. The van der Waals surface area contributed by atoms with Crippen molar-refractivity contribution in [2.75, 3.05) is 19.6 Å². The minimum atomic E-state index is -4.91. The van der Waals surface area contributed by atoms with Gasteiger partial charge >= 0.3 is 12.1 Å². The summed E-state index contributed by atoms with van der Waals surface area (Å²) in [5, 5.41) is 4.51. The third-order valence-corrected chi connectivity index (χ3v) is 4.10. The maximum Gasteiger partial charge on any atom is 0.471 e. The van der Waals surface area contributed by atoms with Crippen LogP contribution in [-0.2, 0) is 16.1 Å². The molecule has 1 aliphatic rings. The Balaban J connectivity index is 1.63. The van der Waals surface area contributed by atoms with E-state index in [0.29, 0.717) is 0 Å². The molecule has 25 heavy (non-hydrogen) atoms. The molecule has 1 aromatic rings. The van der Waals surface area contributed by atoms with Crippen LogP contribution in [0.2, 0.25) is 0 Å². The number of piperidine rings is 1. The fourth-order valence-corrected chi connectivity index (χ4v) is 2.77. The molecule has 2 N–H and O–H groups in total. The lowest BCUT2D eigenvalue weighted by Crippen LogP contribution is -2.45. The Kier molecular flexibility index (Phi) is 6.81. The summed E-state index contributed by atoms with van der Waals surface area (Å²) in [6, 6.07) is 10.1. The summed E-state index contributed by atoms with van der Waals surface area (Å²) in [7, 11) is 0. The van der Waals surface area contributed by atoms with Crippen LogP contribution in [0.25, 0.3) is 0 Å². The Morgan fingerprint density at radius 2 is 1.76 bits per heavy atom. The highest BCUT2D eigenvalue weighted by molar-refractivity contribution is 5.82. The summed E-state index contributed by atoms with van der Waals surface area (Å²) >= 11 is 0. The number of likely N-dealkylation sites (tertiary alicyclic amines) is 1. The Bertz CT molecular complexity index is 570. The van der Waals surface area contributed by atoms with Crippen LogP contribution in [0.15, 0.2) is 30.3 Å². The number of halogens is 3. The van der Waals surface area contributed by atoms with Gasteiger partial charge in [-0.05, 0) is 18.4 Å². The number of nitrogens with zero attached hydrogens (tertiary/aromatic N) is 1. The van der Waals surface area contributed by atoms with Crippen molar-refractivity contribution in [1.29, 1.82) is 0 Å². The summed E-state index contributed by atoms with van der Waals surface area (Å²) in [6.07, 6.45) is -3.48. The highest BCUT2D eigenvalue weighted by atomic mass is 19.4. The number of benzene rings is 1. The van der Waals surface area contributed by atoms with Gasteiger partial charge in [0.05, 0.1) is 0 Å². The monoisotopic (exact) mass is 357 g/mol. The number of carbonyl (C=O) groups excluding carboxylic acids is 2. The number of rotatable bonds is 6. The van der Waals surface area contributed by atoms with Crippen LogP contribution in [0.4, 0.5) is 13.2 Å². The third kappa shape index (κ3) is 6.74. The van der Waals surface area contributed by atoms with E-state index in [2.05, 4.69) is 22.3 Å². The molecule has 0 unspecified atom stereocenters. The van der Waals surface area contributed by atoms with E-state index in [4.69, 9.17) is 0 Å². The van der Waals surface area contributed by atoms with Gasteiger partial charge in [-0.25, -0.2) is 0 Å². The lowest BCUT2D eigenvalue weighted by Gasteiger charge is -2.32. The fraction of sp³-hybridized carbons (Fsp3) is 0.529. The van der Waals surface area contributed by atoms with Gasteiger partial charge in [-0.2, -0.15) is 13.2 Å². The molecule has 0 saturated carbocycles. The predicted molar refractivity (Wildman–Crippen MR) is 86.6 cm³/mol. The molecule has 0 atom stereocenters. The first-order valence-electron chi connectivity index (χ1n) is 8.25. The number of carbonyl (C=O) groups is 2. The highest BCUT2D eigenvalue weighted by Crippen LogP contribution is 2.15. The number of amides is 2. The normalized spacial score (nSPS) is 16.4. The van der Waals surface area contributed by atoms with Gasteiger partial charge in [-0.1, -0.05) is 30.3 Å². The van der Waals surface area contributed by atoms with Crippen LogP contribution in [0.3, 0.4) is 0 Å². The molecule has 2 amide bonds. The van der Waals surface area contributed by atoms with Crippen LogP contribution in [0, 0.1) is 0 Å². The molecule has 0 bridgehead atoms.